The lowest BCUT2D eigenvalue weighted by Crippen LogP contribution is -2.46. The largest absolute Gasteiger partial charge is 0.396 e. The summed E-state index contributed by atoms with van der Waals surface area (Å²) >= 11 is 1.58. The second-order valence-electron chi connectivity index (χ2n) is 9.84. The Balaban J connectivity index is 1.18. The number of aryl methyl sites for hydroxylation is 1. The van der Waals surface area contributed by atoms with Crippen LogP contribution in [0.15, 0.2) is 6.07 Å². The standard InChI is InChI=1S/C24H36N4O3S/c1-16-21-14-22(32-24(21)28(26-16)20-8-12-31-13-9-20)23(30)25-18-2-4-19(5-3-18)27-10-6-17(15-29)7-11-27/h14,17-20,29H,2-13,15H2,1H3,(H,25,30)/t18-,19+. The maximum Gasteiger partial charge on any atom is 0.261 e. The van der Waals surface area contributed by atoms with Crippen molar-refractivity contribution in [2.45, 2.75) is 76.4 Å². The molecule has 5 rings (SSSR count). The lowest BCUT2D eigenvalue weighted by molar-refractivity contribution is 0.0675. The van der Waals surface area contributed by atoms with Crippen LogP contribution in [0.2, 0.25) is 0 Å². The van der Waals surface area contributed by atoms with Crippen LogP contribution in [0.5, 0.6) is 0 Å². The topological polar surface area (TPSA) is 79.6 Å². The highest BCUT2D eigenvalue weighted by Crippen LogP contribution is 2.34. The number of aromatic nitrogens is 2. The minimum atomic E-state index is 0.0661. The summed E-state index contributed by atoms with van der Waals surface area (Å²) in [6, 6.07) is 3.31. The number of aliphatic hydroxyl groups is 1. The van der Waals surface area contributed by atoms with E-state index in [-0.39, 0.29) is 11.9 Å². The zero-order valence-electron chi connectivity index (χ0n) is 19.1. The van der Waals surface area contributed by atoms with E-state index >= 15 is 0 Å². The molecule has 0 bridgehead atoms. The molecule has 8 heteroatoms. The van der Waals surface area contributed by atoms with Gasteiger partial charge in [0, 0.05) is 37.3 Å². The van der Waals surface area contributed by atoms with Crippen LogP contribution >= 0.6 is 11.3 Å². The van der Waals surface area contributed by atoms with E-state index in [2.05, 4.69) is 14.9 Å². The average Bonchev–Trinajstić information content (AvgIpc) is 3.41. The van der Waals surface area contributed by atoms with Gasteiger partial charge in [-0.25, -0.2) is 0 Å². The number of carbonyl (C=O) groups excluding carboxylic acids is 1. The van der Waals surface area contributed by atoms with Gasteiger partial charge >= 0.3 is 0 Å². The summed E-state index contributed by atoms with van der Waals surface area (Å²) in [4.78, 5) is 17.6. The Morgan fingerprint density at radius 3 is 2.53 bits per heavy atom. The van der Waals surface area contributed by atoms with Crippen LogP contribution < -0.4 is 5.32 Å². The predicted octanol–water partition coefficient (Wildman–Crippen LogP) is 3.50. The molecule has 0 radical (unpaired) electrons. The number of ether oxygens (including phenoxy) is 1. The first-order valence-corrected chi connectivity index (χ1v) is 13.2. The Bertz CT molecular complexity index is 919. The minimum absolute atomic E-state index is 0.0661. The zero-order chi connectivity index (χ0) is 22.1. The number of piperidine rings is 1. The lowest BCUT2D eigenvalue weighted by atomic mass is 9.88. The van der Waals surface area contributed by atoms with Gasteiger partial charge in [-0.15, -0.1) is 11.3 Å². The normalized spacial score (nSPS) is 26.6. The molecular formula is C24H36N4O3S. The molecule has 7 nitrogen and oxygen atoms in total. The number of fused-ring (bicyclic) bond motifs is 1. The molecule has 0 unspecified atom stereocenters. The van der Waals surface area contributed by atoms with E-state index < -0.39 is 0 Å². The van der Waals surface area contributed by atoms with Crippen LogP contribution in [-0.4, -0.2) is 70.7 Å². The molecule has 2 aliphatic heterocycles. The summed E-state index contributed by atoms with van der Waals surface area (Å²) in [5.41, 5.74) is 1.01. The number of hydrogen-bond acceptors (Lipinski definition) is 6. The van der Waals surface area contributed by atoms with Gasteiger partial charge in [-0.2, -0.15) is 5.10 Å². The average molecular weight is 461 g/mol. The van der Waals surface area contributed by atoms with Crippen molar-refractivity contribution in [1.82, 2.24) is 20.0 Å². The molecule has 2 saturated heterocycles. The van der Waals surface area contributed by atoms with Gasteiger partial charge in [0.2, 0.25) is 0 Å². The van der Waals surface area contributed by atoms with E-state index in [0.29, 0.717) is 24.6 Å². The molecule has 2 aromatic heterocycles. The first kappa shape index (κ1) is 22.3. The smallest absolute Gasteiger partial charge is 0.261 e. The van der Waals surface area contributed by atoms with E-state index in [4.69, 9.17) is 9.84 Å². The van der Waals surface area contributed by atoms with Gasteiger partial charge in [-0.3, -0.25) is 9.48 Å². The Kier molecular flexibility index (Phi) is 6.83. The van der Waals surface area contributed by atoms with Crippen LogP contribution in [0.1, 0.15) is 72.8 Å². The van der Waals surface area contributed by atoms with Crippen LogP contribution in [-0.2, 0) is 4.74 Å². The fourth-order valence-corrected chi connectivity index (χ4v) is 6.84. The Morgan fingerprint density at radius 2 is 1.84 bits per heavy atom. The van der Waals surface area contributed by atoms with Gasteiger partial charge in [-0.05, 0) is 83.4 Å². The maximum atomic E-state index is 13.0. The number of thiophene rings is 1. The van der Waals surface area contributed by atoms with Gasteiger partial charge < -0.3 is 20.1 Å². The number of amides is 1. The molecule has 2 N–H and O–H groups in total. The van der Waals surface area contributed by atoms with Crippen LogP contribution in [0, 0.1) is 12.8 Å². The van der Waals surface area contributed by atoms with Gasteiger partial charge in [-0.1, -0.05) is 0 Å². The molecule has 1 saturated carbocycles. The number of aliphatic hydroxyl groups excluding tert-OH is 1. The number of nitrogens with one attached hydrogen (secondary N) is 1. The molecule has 2 aromatic rings. The molecule has 3 aliphatic rings. The van der Waals surface area contributed by atoms with Crippen LogP contribution in [0.4, 0.5) is 0 Å². The third-order valence-electron chi connectivity index (χ3n) is 7.78. The fraction of sp³-hybridized carbons (Fsp3) is 0.750. The van der Waals surface area contributed by atoms with Crippen molar-refractivity contribution in [3.8, 4) is 0 Å². The summed E-state index contributed by atoms with van der Waals surface area (Å²) in [5, 5.41) is 18.6. The van der Waals surface area contributed by atoms with E-state index in [1.54, 1.807) is 11.3 Å². The third-order valence-corrected chi connectivity index (χ3v) is 8.91. The quantitative estimate of drug-likeness (QED) is 0.714. The second kappa shape index (κ2) is 9.79. The highest BCUT2D eigenvalue weighted by Gasteiger charge is 2.30. The van der Waals surface area contributed by atoms with Crippen molar-refractivity contribution in [2.24, 2.45) is 5.92 Å². The molecular weight excluding hydrogens is 424 g/mol. The van der Waals surface area contributed by atoms with Gasteiger partial charge in [0.05, 0.1) is 16.6 Å². The summed E-state index contributed by atoms with van der Waals surface area (Å²) in [6.45, 7) is 6.16. The molecule has 0 atom stereocenters. The Hall–Kier alpha value is -1.48. The molecule has 1 amide bonds. The first-order chi connectivity index (χ1) is 15.6. The number of hydrogen-bond donors (Lipinski definition) is 2. The summed E-state index contributed by atoms with van der Waals surface area (Å²) < 4.78 is 7.65. The maximum absolute atomic E-state index is 13.0. The van der Waals surface area contributed by atoms with Gasteiger partial charge in [0.15, 0.2) is 0 Å². The van der Waals surface area contributed by atoms with E-state index in [1.807, 2.05) is 13.0 Å². The summed E-state index contributed by atoms with van der Waals surface area (Å²) in [6.07, 6.45) is 8.60. The molecule has 176 valence electrons. The minimum Gasteiger partial charge on any atom is -0.396 e. The van der Waals surface area contributed by atoms with Gasteiger partial charge in [0.25, 0.3) is 5.91 Å². The number of rotatable bonds is 5. The van der Waals surface area contributed by atoms with Crippen molar-refractivity contribution in [1.29, 1.82) is 0 Å². The molecule has 1 aliphatic carbocycles. The Labute approximate surface area is 194 Å². The summed E-state index contributed by atoms with van der Waals surface area (Å²) in [7, 11) is 0. The molecule has 3 fully saturated rings. The van der Waals surface area contributed by atoms with Crippen molar-refractivity contribution in [3.05, 3.63) is 16.6 Å². The lowest BCUT2D eigenvalue weighted by Gasteiger charge is -2.40. The van der Waals surface area contributed by atoms with Crippen molar-refractivity contribution in [3.63, 3.8) is 0 Å². The van der Waals surface area contributed by atoms with Crippen molar-refractivity contribution >= 4 is 27.5 Å². The molecule has 0 aromatic carbocycles. The fourth-order valence-electron chi connectivity index (χ4n) is 5.70. The number of nitrogens with zero attached hydrogens (tertiary/aromatic N) is 3. The van der Waals surface area contributed by atoms with Crippen molar-refractivity contribution < 1.29 is 14.6 Å². The van der Waals surface area contributed by atoms with E-state index in [1.165, 1.54) is 0 Å². The second-order valence-corrected chi connectivity index (χ2v) is 10.9. The van der Waals surface area contributed by atoms with Gasteiger partial charge in [0.1, 0.15) is 4.83 Å². The first-order valence-electron chi connectivity index (χ1n) is 12.3. The highest BCUT2D eigenvalue weighted by atomic mass is 32.1. The third kappa shape index (κ3) is 4.60. The summed E-state index contributed by atoms with van der Waals surface area (Å²) in [5.74, 6) is 0.557. The Morgan fingerprint density at radius 1 is 1.12 bits per heavy atom. The highest BCUT2D eigenvalue weighted by molar-refractivity contribution is 7.20. The molecule has 4 heterocycles. The monoisotopic (exact) mass is 460 g/mol. The number of likely N-dealkylation sites (tertiary alicyclic amines) is 1. The van der Waals surface area contributed by atoms with E-state index in [0.717, 1.165) is 98.5 Å². The zero-order valence-corrected chi connectivity index (χ0v) is 19.9. The van der Waals surface area contributed by atoms with Crippen molar-refractivity contribution in [2.75, 3.05) is 32.9 Å². The number of carbonyl (C=O) groups is 1. The molecule has 32 heavy (non-hydrogen) atoms. The molecule has 0 spiro atoms. The SMILES string of the molecule is Cc1nn(C2CCOCC2)c2sc(C(=O)N[C@H]3CC[C@@H](N4CCC(CO)CC4)CC3)cc12. The van der Waals surface area contributed by atoms with Crippen LogP contribution in [0.25, 0.3) is 10.2 Å². The van der Waals surface area contributed by atoms with E-state index in [9.17, 15) is 9.90 Å². The van der Waals surface area contributed by atoms with Crippen LogP contribution in [0.3, 0.4) is 0 Å². The predicted molar refractivity (Wildman–Crippen MR) is 126 cm³/mol.